The Balaban J connectivity index is 1.39. The minimum Gasteiger partial charge on any atom is -0.492 e. The number of carbonyl (C=O) groups excluding carboxylic acids is 2. The van der Waals surface area contributed by atoms with E-state index < -0.39 is 23.9 Å². The number of hydrogen-bond acceptors (Lipinski definition) is 6. The number of aromatic nitrogens is 3. The zero-order valence-corrected chi connectivity index (χ0v) is 22.3. The standard InChI is InChI=1S/C28H33F2N5O4/c1-14-4-9-20(39-11-16-5-6-16)23(24(14)30)26-27-25(31-13-32-26)22(15(2)33-27)28(37)35-19-8-7-17(10-18(19)29)34-21(36)12-38-3/h4,9,13,16-19,33H,5-8,10-12H2,1-3H3,(H,34,36)(H,35,37)/t17-,18-,19-/m1/s1. The van der Waals surface area contributed by atoms with Gasteiger partial charge in [-0.3, -0.25) is 9.59 Å². The van der Waals surface area contributed by atoms with E-state index in [2.05, 4.69) is 25.6 Å². The van der Waals surface area contributed by atoms with E-state index in [-0.39, 0.29) is 36.1 Å². The third-order valence-corrected chi connectivity index (χ3v) is 7.43. The molecule has 11 heteroatoms. The maximum atomic E-state index is 15.5. The first kappa shape index (κ1) is 27.0. The number of rotatable bonds is 9. The lowest BCUT2D eigenvalue weighted by atomic mass is 9.89. The number of benzene rings is 1. The molecule has 208 valence electrons. The van der Waals surface area contributed by atoms with Gasteiger partial charge in [-0.1, -0.05) is 6.07 Å². The van der Waals surface area contributed by atoms with Gasteiger partial charge in [0.2, 0.25) is 5.91 Å². The summed E-state index contributed by atoms with van der Waals surface area (Å²) in [5.41, 5.74) is 2.44. The fourth-order valence-corrected chi connectivity index (χ4v) is 5.13. The van der Waals surface area contributed by atoms with Crippen LogP contribution in [0.2, 0.25) is 0 Å². The molecule has 9 nitrogen and oxygen atoms in total. The van der Waals surface area contributed by atoms with Gasteiger partial charge in [-0.05, 0) is 57.1 Å². The van der Waals surface area contributed by atoms with Crippen molar-refractivity contribution < 1.29 is 27.8 Å². The second kappa shape index (κ2) is 11.3. The van der Waals surface area contributed by atoms with Crippen molar-refractivity contribution in [3.8, 4) is 17.0 Å². The summed E-state index contributed by atoms with van der Waals surface area (Å²) in [5, 5.41) is 5.56. The minimum atomic E-state index is -1.33. The number of carbonyl (C=O) groups is 2. The van der Waals surface area contributed by atoms with Crippen molar-refractivity contribution in [3.63, 3.8) is 0 Å². The lowest BCUT2D eigenvalue weighted by Gasteiger charge is -2.32. The second-order valence-corrected chi connectivity index (χ2v) is 10.5. The Labute approximate surface area is 225 Å². The summed E-state index contributed by atoms with van der Waals surface area (Å²) in [7, 11) is 1.42. The Hall–Kier alpha value is -3.60. The summed E-state index contributed by atoms with van der Waals surface area (Å²) in [4.78, 5) is 37.0. The van der Waals surface area contributed by atoms with E-state index in [1.165, 1.54) is 13.4 Å². The maximum Gasteiger partial charge on any atom is 0.255 e. The van der Waals surface area contributed by atoms with Crippen molar-refractivity contribution in [1.82, 2.24) is 25.6 Å². The zero-order valence-electron chi connectivity index (χ0n) is 22.3. The summed E-state index contributed by atoms with van der Waals surface area (Å²) in [5.74, 6) is -0.359. The summed E-state index contributed by atoms with van der Waals surface area (Å²) in [6, 6.07) is 2.38. The summed E-state index contributed by atoms with van der Waals surface area (Å²) in [6.07, 6.45) is 3.13. The number of fused-ring (bicyclic) bond motifs is 1. The van der Waals surface area contributed by atoms with Crippen molar-refractivity contribution in [2.45, 2.75) is 64.2 Å². The normalized spacial score (nSPS) is 21.1. The van der Waals surface area contributed by atoms with E-state index in [4.69, 9.17) is 9.47 Å². The first-order chi connectivity index (χ1) is 18.8. The molecule has 2 aliphatic rings. The molecule has 3 aromatic rings. The van der Waals surface area contributed by atoms with Crippen LogP contribution in [0.4, 0.5) is 8.78 Å². The molecular formula is C28H33F2N5O4. The largest absolute Gasteiger partial charge is 0.492 e. The smallest absolute Gasteiger partial charge is 0.255 e. The molecule has 3 N–H and O–H groups in total. The van der Waals surface area contributed by atoms with Gasteiger partial charge in [0.15, 0.2) is 0 Å². The molecule has 2 aromatic heterocycles. The molecule has 0 saturated heterocycles. The zero-order chi connectivity index (χ0) is 27.7. The number of methoxy groups -OCH3 is 1. The minimum absolute atomic E-state index is 0.0854. The fourth-order valence-electron chi connectivity index (χ4n) is 5.13. The van der Waals surface area contributed by atoms with Gasteiger partial charge in [-0.15, -0.1) is 0 Å². The van der Waals surface area contributed by atoms with Gasteiger partial charge in [0.1, 0.15) is 41.9 Å². The average Bonchev–Trinajstić information content (AvgIpc) is 3.66. The maximum absolute atomic E-state index is 15.5. The van der Waals surface area contributed by atoms with Crippen molar-refractivity contribution in [3.05, 3.63) is 41.1 Å². The topological polar surface area (TPSA) is 118 Å². The number of nitrogens with one attached hydrogen (secondary N) is 3. The molecule has 3 atom stereocenters. The number of H-pyrrole nitrogens is 1. The van der Waals surface area contributed by atoms with Crippen LogP contribution in [0, 0.1) is 25.6 Å². The lowest BCUT2D eigenvalue weighted by Crippen LogP contribution is -2.50. The number of hydrogen-bond donors (Lipinski definition) is 3. The quantitative estimate of drug-likeness (QED) is 0.378. The van der Waals surface area contributed by atoms with Gasteiger partial charge in [-0.25, -0.2) is 18.7 Å². The summed E-state index contributed by atoms with van der Waals surface area (Å²) < 4.78 is 41.3. The summed E-state index contributed by atoms with van der Waals surface area (Å²) in [6.45, 7) is 3.81. The molecule has 1 aromatic carbocycles. The Kier molecular flexibility index (Phi) is 7.79. The van der Waals surface area contributed by atoms with Crippen LogP contribution in [0.3, 0.4) is 0 Å². The number of nitrogens with zero attached hydrogens (tertiary/aromatic N) is 2. The highest BCUT2D eigenvalue weighted by atomic mass is 19.1. The van der Waals surface area contributed by atoms with Crippen molar-refractivity contribution in [1.29, 1.82) is 0 Å². The predicted octanol–water partition coefficient (Wildman–Crippen LogP) is 3.92. The van der Waals surface area contributed by atoms with Gasteiger partial charge >= 0.3 is 0 Å². The third-order valence-electron chi connectivity index (χ3n) is 7.43. The number of alkyl halides is 1. The van der Waals surface area contributed by atoms with Gasteiger partial charge < -0.3 is 25.1 Å². The molecule has 0 unspecified atom stereocenters. The fraction of sp³-hybridized carbons (Fsp3) is 0.500. The summed E-state index contributed by atoms with van der Waals surface area (Å²) >= 11 is 0. The molecule has 2 saturated carbocycles. The van der Waals surface area contributed by atoms with E-state index in [1.54, 1.807) is 26.0 Å². The molecule has 2 heterocycles. The number of aromatic amines is 1. The molecule has 0 radical (unpaired) electrons. The lowest BCUT2D eigenvalue weighted by molar-refractivity contribution is -0.125. The van der Waals surface area contributed by atoms with E-state index in [9.17, 15) is 9.59 Å². The Bertz CT molecular complexity index is 1390. The average molecular weight is 542 g/mol. The molecule has 2 amide bonds. The van der Waals surface area contributed by atoms with Crippen LogP contribution < -0.4 is 15.4 Å². The highest BCUT2D eigenvalue weighted by Gasteiger charge is 2.34. The molecule has 2 aliphatic carbocycles. The molecular weight excluding hydrogens is 508 g/mol. The Morgan fingerprint density at radius 2 is 1.92 bits per heavy atom. The van der Waals surface area contributed by atoms with E-state index in [0.717, 1.165) is 12.8 Å². The van der Waals surface area contributed by atoms with Gasteiger partial charge in [0.05, 0.1) is 29.3 Å². The second-order valence-electron chi connectivity index (χ2n) is 10.5. The van der Waals surface area contributed by atoms with Crippen LogP contribution in [-0.4, -0.2) is 65.3 Å². The SMILES string of the molecule is COCC(=O)N[C@@H]1CC[C@@H](NC(=O)c2c(C)[nH]c3c(-c4c(OCC5CC5)ccc(C)c4F)ncnc23)[C@H](F)C1. The van der Waals surface area contributed by atoms with Gasteiger partial charge in [0.25, 0.3) is 5.91 Å². The predicted molar refractivity (Wildman–Crippen MR) is 141 cm³/mol. The van der Waals surface area contributed by atoms with Crippen molar-refractivity contribution in [2.24, 2.45) is 5.92 Å². The Morgan fingerprint density at radius 1 is 1.13 bits per heavy atom. The molecule has 5 rings (SSSR count). The van der Waals surface area contributed by atoms with Gasteiger partial charge in [0, 0.05) is 25.3 Å². The molecule has 0 aliphatic heterocycles. The van der Waals surface area contributed by atoms with Crippen LogP contribution in [0.15, 0.2) is 18.5 Å². The first-order valence-corrected chi connectivity index (χ1v) is 13.3. The van der Waals surface area contributed by atoms with Crippen LogP contribution in [0.1, 0.15) is 53.7 Å². The van der Waals surface area contributed by atoms with Crippen LogP contribution in [0.5, 0.6) is 5.75 Å². The number of ether oxygens (including phenoxy) is 2. The van der Waals surface area contributed by atoms with E-state index in [0.29, 0.717) is 59.1 Å². The Morgan fingerprint density at radius 3 is 2.64 bits per heavy atom. The molecule has 0 spiro atoms. The number of aryl methyl sites for hydroxylation is 2. The molecule has 39 heavy (non-hydrogen) atoms. The van der Waals surface area contributed by atoms with Crippen LogP contribution in [-0.2, 0) is 9.53 Å². The number of amides is 2. The van der Waals surface area contributed by atoms with Crippen molar-refractivity contribution >= 4 is 22.8 Å². The highest BCUT2D eigenvalue weighted by Crippen LogP contribution is 2.39. The van der Waals surface area contributed by atoms with Gasteiger partial charge in [-0.2, -0.15) is 0 Å². The molecule has 0 bridgehead atoms. The van der Waals surface area contributed by atoms with E-state index >= 15 is 8.78 Å². The molecule has 2 fully saturated rings. The first-order valence-electron chi connectivity index (χ1n) is 13.3. The van der Waals surface area contributed by atoms with Crippen molar-refractivity contribution in [2.75, 3.05) is 20.3 Å². The third kappa shape index (κ3) is 5.73. The van der Waals surface area contributed by atoms with E-state index in [1.807, 2.05) is 0 Å². The monoisotopic (exact) mass is 541 g/mol. The van der Waals surface area contributed by atoms with Crippen LogP contribution in [0.25, 0.3) is 22.3 Å². The number of halogens is 2. The van der Waals surface area contributed by atoms with Crippen LogP contribution >= 0.6 is 0 Å². The highest BCUT2D eigenvalue weighted by molar-refractivity contribution is 6.09.